The van der Waals surface area contributed by atoms with E-state index in [1.54, 1.807) is 18.2 Å². The van der Waals surface area contributed by atoms with Crippen LogP contribution in [0.25, 0.3) is 0 Å². The van der Waals surface area contributed by atoms with Crippen LogP contribution in [0.5, 0.6) is 5.75 Å². The topological polar surface area (TPSA) is 46.2 Å². The van der Waals surface area contributed by atoms with Crippen molar-refractivity contribution < 1.29 is 5.11 Å². The van der Waals surface area contributed by atoms with Crippen LogP contribution in [0.4, 0.5) is 0 Å². The molecule has 1 atom stereocenters. The summed E-state index contributed by atoms with van der Waals surface area (Å²) in [6.07, 6.45) is 1.56. The number of halogens is 1. The highest BCUT2D eigenvalue weighted by atomic mass is 35.5. The summed E-state index contributed by atoms with van der Waals surface area (Å²) in [6.45, 7) is 1.94. The van der Waals surface area contributed by atoms with Crippen LogP contribution in [0, 0.1) is 0 Å². The van der Waals surface area contributed by atoms with Crippen LogP contribution in [0.3, 0.4) is 0 Å². The van der Waals surface area contributed by atoms with Crippen LogP contribution < -0.4 is 5.73 Å². The van der Waals surface area contributed by atoms with Crippen molar-refractivity contribution in [2.24, 2.45) is 5.73 Å². The van der Waals surface area contributed by atoms with Gasteiger partial charge in [0.1, 0.15) is 5.75 Å². The van der Waals surface area contributed by atoms with Gasteiger partial charge in [-0.05, 0) is 31.9 Å². The van der Waals surface area contributed by atoms with E-state index in [1.807, 2.05) is 6.92 Å². The highest BCUT2D eigenvalue weighted by Crippen LogP contribution is 2.26. The zero-order chi connectivity index (χ0) is 9.84. The van der Waals surface area contributed by atoms with Gasteiger partial charge in [0.15, 0.2) is 0 Å². The Bertz CT molecular complexity index is 266. The number of rotatable bonds is 3. The molecule has 0 heterocycles. The first-order valence-corrected chi connectivity index (χ1v) is 4.71. The quantitative estimate of drug-likeness (QED) is 0.785. The Kier molecular flexibility index (Phi) is 3.58. The minimum absolute atomic E-state index is 0.135. The molecule has 1 aromatic rings. The Morgan fingerprint density at radius 2 is 2.23 bits per heavy atom. The molecule has 0 saturated carbocycles. The number of hydrogen-bond donors (Lipinski definition) is 2. The maximum absolute atomic E-state index is 9.48. The van der Waals surface area contributed by atoms with Crippen molar-refractivity contribution in [3.05, 3.63) is 28.8 Å². The third kappa shape index (κ3) is 2.90. The van der Waals surface area contributed by atoms with Crippen LogP contribution in [0.1, 0.15) is 18.9 Å². The molecule has 72 valence electrons. The first-order chi connectivity index (χ1) is 6.11. The van der Waals surface area contributed by atoms with Crippen molar-refractivity contribution in [2.75, 3.05) is 0 Å². The Hall–Kier alpha value is -0.730. The molecule has 0 amide bonds. The normalized spacial score (nSPS) is 12.8. The highest BCUT2D eigenvalue weighted by molar-refractivity contribution is 6.31. The second kappa shape index (κ2) is 4.49. The van der Waals surface area contributed by atoms with E-state index in [2.05, 4.69) is 0 Å². The number of aromatic hydroxyl groups is 1. The molecular weight excluding hydrogens is 186 g/mol. The van der Waals surface area contributed by atoms with E-state index >= 15 is 0 Å². The van der Waals surface area contributed by atoms with E-state index in [4.69, 9.17) is 17.3 Å². The van der Waals surface area contributed by atoms with E-state index in [9.17, 15) is 5.11 Å². The molecule has 3 heteroatoms. The standard InChI is InChI=1S/C10H14ClNO/c1-7(12)5-6-8-9(11)3-2-4-10(8)13/h2-4,7,13H,5-6,12H2,1H3/t7-/m0/s1. The molecule has 1 aromatic carbocycles. The third-order valence-electron chi connectivity index (χ3n) is 1.94. The molecule has 0 radical (unpaired) electrons. The van der Waals surface area contributed by atoms with Gasteiger partial charge in [-0.3, -0.25) is 0 Å². The van der Waals surface area contributed by atoms with Crippen molar-refractivity contribution >= 4 is 11.6 Å². The van der Waals surface area contributed by atoms with Crippen LogP contribution >= 0.6 is 11.6 Å². The number of benzene rings is 1. The Balaban J connectivity index is 2.75. The predicted octanol–water partition coefficient (Wildman–Crippen LogP) is 2.33. The zero-order valence-electron chi connectivity index (χ0n) is 7.63. The van der Waals surface area contributed by atoms with Crippen LogP contribution in [0.15, 0.2) is 18.2 Å². The lowest BCUT2D eigenvalue weighted by atomic mass is 10.1. The van der Waals surface area contributed by atoms with E-state index < -0.39 is 0 Å². The molecule has 0 fully saturated rings. The Morgan fingerprint density at radius 3 is 2.77 bits per heavy atom. The molecular formula is C10H14ClNO. The van der Waals surface area contributed by atoms with E-state index in [-0.39, 0.29) is 11.8 Å². The third-order valence-corrected chi connectivity index (χ3v) is 2.30. The van der Waals surface area contributed by atoms with Gasteiger partial charge in [0, 0.05) is 16.6 Å². The first-order valence-electron chi connectivity index (χ1n) is 4.33. The van der Waals surface area contributed by atoms with Gasteiger partial charge in [0.2, 0.25) is 0 Å². The molecule has 3 N–H and O–H groups in total. The van der Waals surface area contributed by atoms with Crippen molar-refractivity contribution in [3.8, 4) is 5.75 Å². The average molecular weight is 200 g/mol. The Morgan fingerprint density at radius 1 is 1.54 bits per heavy atom. The molecule has 0 saturated heterocycles. The minimum atomic E-state index is 0.135. The van der Waals surface area contributed by atoms with E-state index in [1.165, 1.54) is 0 Å². The van der Waals surface area contributed by atoms with Crippen LogP contribution in [-0.4, -0.2) is 11.1 Å². The number of hydrogen-bond acceptors (Lipinski definition) is 2. The second-order valence-corrected chi connectivity index (χ2v) is 3.66. The summed E-state index contributed by atoms with van der Waals surface area (Å²) in [7, 11) is 0. The molecule has 13 heavy (non-hydrogen) atoms. The van der Waals surface area contributed by atoms with Gasteiger partial charge < -0.3 is 10.8 Å². The molecule has 1 rings (SSSR count). The van der Waals surface area contributed by atoms with E-state index in [0.29, 0.717) is 5.02 Å². The van der Waals surface area contributed by atoms with Crippen LogP contribution in [0.2, 0.25) is 5.02 Å². The van der Waals surface area contributed by atoms with Gasteiger partial charge in [0.25, 0.3) is 0 Å². The fraction of sp³-hybridized carbons (Fsp3) is 0.400. The molecule has 0 unspecified atom stereocenters. The van der Waals surface area contributed by atoms with Crippen molar-refractivity contribution in [2.45, 2.75) is 25.8 Å². The SMILES string of the molecule is C[C@H](N)CCc1c(O)cccc1Cl. The average Bonchev–Trinajstić information content (AvgIpc) is 2.03. The molecule has 0 aliphatic rings. The summed E-state index contributed by atoms with van der Waals surface area (Å²) in [5.41, 5.74) is 6.41. The summed E-state index contributed by atoms with van der Waals surface area (Å²) in [5, 5.41) is 10.1. The van der Waals surface area contributed by atoms with Crippen LogP contribution in [-0.2, 0) is 6.42 Å². The monoisotopic (exact) mass is 199 g/mol. The number of phenols is 1. The largest absolute Gasteiger partial charge is 0.508 e. The second-order valence-electron chi connectivity index (χ2n) is 3.25. The lowest BCUT2D eigenvalue weighted by molar-refractivity contribution is 0.466. The predicted molar refractivity (Wildman–Crippen MR) is 55.1 cm³/mol. The van der Waals surface area contributed by atoms with Gasteiger partial charge in [-0.1, -0.05) is 17.7 Å². The van der Waals surface area contributed by atoms with Gasteiger partial charge in [-0.25, -0.2) is 0 Å². The molecule has 0 aliphatic carbocycles. The summed E-state index contributed by atoms with van der Waals surface area (Å²) >= 11 is 5.91. The molecule has 0 aliphatic heterocycles. The zero-order valence-corrected chi connectivity index (χ0v) is 8.38. The van der Waals surface area contributed by atoms with Gasteiger partial charge in [0.05, 0.1) is 0 Å². The molecule has 2 nitrogen and oxygen atoms in total. The van der Waals surface area contributed by atoms with Gasteiger partial charge in [-0.15, -0.1) is 0 Å². The lowest BCUT2D eigenvalue weighted by Gasteiger charge is -2.08. The fourth-order valence-corrected chi connectivity index (χ4v) is 1.43. The summed E-state index contributed by atoms with van der Waals surface area (Å²) in [5.74, 6) is 0.258. The summed E-state index contributed by atoms with van der Waals surface area (Å²) in [4.78, 5) is 0. The van der Waals surface area contributed by atoms with Crippen molar-refractivity contribution in [1.82, 2.24) is 0 Å². The number of nitrogens with two attached hydrogens (primary N) is 1. The minimum Gasteiger partial charge on any atom is -0.508 e. The Labute approximate surface area is 83.3 Å². The van der Waals surface area contributed by atoms with Crippen molar-refractivity contribution in [1.29, 1.82) is 0 Å². The molecule has 0 aromatic heterocycles. The molecule has 0 spiro atoms. The highest BCUT2D eigenvalue weighted by Gasteiger charge is 2.06. The summed E-state index contributed by atoms with van der Waals surface area (Å²) < 4.78 is 0. The first kappa shape index (κ1) is 10.4. The maximum Gasteiger partial charge on any atom is 0.120 e. The number of phenolic OH excluding ortho intramolecular Hbond substituents is 1. The van der Waals surface area contributed by atoms with Gasteiger partial charge in [-0.2, -0.15) is 0 Å². The maximum atomic E-state index is 9.48. The lowest BCUT2D eigenvalue weighted by Crippen LogP contribution is -2.15. The fourth-order valence-electron chi connectivity index (χ4n) is 1.17. The smallest absolute Gasteiger partial charge is 0.120 e. The summed E-state index contributed by atoms with van der Waals surface area (Å²) in [6, 6.07) is 5.28. The van der Waals surface area contributed by atoms with Gasteiger partial charge >= 0.3 is 0 Å². The van der Waals surface area contributed by atoms with Crippen molar-refractivity contribution in [3.63, 3.8) is 0 Å². The van der Waals surface area contributed by atoms with E-state index in [0.717, 1.165) is 18.4 Å². The molecule has 0 bridgehead atoms.